The topological polar surface area (TPSA) is 71.3 Å². The van der Waals surface area contributed by atoms with Crippen LogP contribution in [0.3, 0.4) is 0 Å². The smallest absolute Gasteiger partial charge is 0.266 e. The Hall–Kier alpha value is -3.31. The summed E-state index contributed by atoms with van der Waals surface area (Å²) in [7, 11) is 1.55. The predicted molar refractivity (Wildman–Crippen MR) is 125 cm³/mol. The van der Waals surface area contributed by atoms with Gasteiger partial charge in [-0.25, -0.2) is 0 Å². The summed E-state index contributed by atoms with van der Waals surface area (Å²) in [5, 5.41) is 12.2. The fourth-order valence-corrected chi connectivity index (χ4v) is 3.22. The van der Waals surface area contributed by atoms with Crippen LogP contribution in [0.2, 0.25) is 0 Å². The van der Waals surface area contributed by atoms with E-state index in [1.165, 1.54) is 6.08 Å². The number of carbonyl (C=O) groups excluding carboxylic acids is 1. The summed E-state index contributed by atoms with van der Waals surface area (Å²) in [5.41, 5.74) is 2.36. The minimum atomic E-state index is -0.468. The molecule has 6 heteroatoms. The molecular formula is C24H19IN2O3. The summed E-state index contributed by atoms with van der Waals surface area (Å²) in [4.78, 5) is 12.5. The number of halogens is 1. The van der Waals surface area contributed by atoms with Crippen molar-refractivity contribution in [2.24, 2.45) is 0 Å². The standard InChI is InChI=1S/C24H19IN2O3/c1-29-23-14-18(11-12-22(23)30-16-17-7-3-2-4-8-17)13-19(15-26)24(28)27-21-10-6-5-9-20(21)25/h2-14H,16H2,1H3,(H,27,28)/b19-13-. The van der Waals surface area contributed by atoms with Crippen LogP contribution in [0.4, 0.5) is 5.69 Å². The second-order valence-corrected chi connectivity index (χ2v) is 7.45. The highest BCUT2D eigenvalue weighted by atomic mass is 127. The van der Waals surface area contributed by atoms with E-state index in [2.05, 4.69) is 27.9 Å². The van der Waals surface area contributed by atoms with E-state index in [0.29, 0.717) is 29.4 Å². The first-order chi connectivity index (χ1) is 14.6. The number of hydrogen-bond donors (Lipinski definition) is 1. The molecule has 0 saturated carbocycles. The molecule has 0 unspecified atom stereocenters. The zero-order valence-corrected chi connectivity index (χ0v) is 18.4. The summed E-state index contributed by atoms with van der Waals surface area (Å²) in [6.07, 6.45) is 1.52. The van der Waals surface area contributed by atoms with Crippen LogP contribution in [-0.2, 0) is 11.4 Å². The van der Waals surface area contributed by atoms with E-state index in [1.807, 2.05) is 54.6 Å². The van der Waals surface area contributed by atoms with Crippen molar-refractivity contribution in [2.45, 2.75) is 6.61 Å². The lowest BCUT2D eigenvalue weighted by Gasteiger charge is -2.12. The Balaban J connectivity index is 1.76. The number of nitriles is 1. The number of para-hydroxylation sites is 1. The Morgan fingerprint density at radius 2 is 1.80 bits per heavy atom. The SMILES string of the molecule is COc1cc(/C=C(/C#N)C(=O)Nc2ccccc2I)ccc1OCc1ccccc1. The summed E-state index contributed by atoms with van der Waals surface area (Å²) >= 11 is 2.13. The van der Waals surface area contributed by atoms with Gasteiger partial charge in [-0.3, -0.25) is 4.79 Å². The second kappa shape index (κ2) is 10.5. The van der Waals surface area contributed by atoms with Crippen molar-refractivity contribution in [3.8, 4) is 17.6 Å². The van der Waals surface area contributed by atoms with Gasteiger partial charge in [-0.15, -0.1) is 0 Å². The average molecular weight is 510 g/mol. The molecule has 3 aromatic carbocycles. The molecule has 3 aromatic rings. The summed E-state index contributed by atoms with van der Waals surface area (Å²) in [6, 6.07) is 24.4. The lowest BCUT2D eigenvalue weighted by Crippen LogP contribution is -2.14. The molecule has 0 heterocycles. The Morgan fingerprint density at radius 3 is 2.50 bits per heavy atom. The minimum absolute atomic E-state index is 0.00494. The van der Waals surface area contributed by atoms with E-state index in [9.17, 15) is 10.1 Å². The Kier molecular flexibility index (Phi) is 7.46. The molecule has 0 aliphatic rings. The molecule has 0 atom stereocenters. The van der Waals surface area contributed by atoms with Crippen LogP contribution in [0.15, 0.2) is 78.4 Å². The van der Waals surface area contributed by atoms with E-state index >= 15 is 0 Å². The van der Waals surface area contributed by atoms with E-state index in [4.69, 9.17) is 9.47 Å². The number of ether oxygens (including phenoxy) is 2. The number of hydrogen-bond acceptors (Lipinski definition) is 4. The molecule has 3 rings (SSSR count). The number of rotatable bonds is 7. The zero-order valence-electron chi connectivity index (χ0n) is 16.3. The molecule has 30 heavy (non-hydrogen) atoms. The first-order valence-corrected chi connectivity index (χ1v) is 10.2. The van der Waals surface area contributed by atoms with Gasteiger partial charge in [0.1, 0.15) is 18.2 Å². The van der Waals surface area contributed by atoms with Gasteiger partial charge in [-0.1, -0.05) is 48.5 Å². The van der Waals surface area contributed by atoms with E-state index in [0.717, 1.165) is 9.13 Å². The maximum atomic E-state index is 12.5. The predicted octanol–water partition coefficient (Wildman–Crippen LogP) is 5.42. The van der Waals surface area contributed by atoms with E-state index in [-0.39, 0.29) is 5.57 Å². The van der Waals surface area contributed by atoms with Gasteiger partial charge in [0.05, 0.1) is 12.8 Å². The van der Waals surface area contributed by atoms with Gasteiger partial charge >= 0.3 is 0 Å². The fraction of sp³-hybridized carbons (Fsp3) is 0.0833. The number of amides is 1. The van der Waals surface area contributed by atoms with Crippen LogP contribution in [0.25, 0.3) is 6.08 Å². The molecule has 5 nitrogen and oxygen atoms in total. The Morgan fingerprint density at radius 1 is 1.07 bits per heavy atom. The monoisotopic (exact) mass is 510 g/mol. The Labute approximate surface area is 189 Å². The summed E-state index contributed by atoms with van der Waals surface area (Å²) in [5.74, 6) is 0.639. The lowest BCUT2D eigenvalue weighted by molar-refractivity contribution is -0.112. The number of anilines is 1. The van der Waals surface area contributed by atoms with Gasteiger partial charge in [0, 0.05) is 3.57 Å². The highest BCUT2D eigenvalue weighted by molar-refractivity contribution is 14.1. The van der Waals surface area contributed by atoms with Gasteiger partial charge in [-0.2, -0.15) is 5.26 Å². The van der Waals surface area contributed by atoms with Crippen molar-refractivity contribution < 1.29 is 14.3 Å². The maximum Gasteiger partial charge on any atom is 0.266 e. The first-order valence-electron chi connectivity index (χ1n) is 9.13. The summed E-state index contributed by atoms with van der Waals surface area (Å²) < 4.78 is 12.2. The number of methoxy groups -OCH3 is 1. The summed E-state index contributed by atoms with van der Waals surface area (Å²) in [6.45, 7) is 0.411. The van der Waals surface area contributed by atoms with Crippen molar-refractivity contribution in [1.29, 1.82) is 5.26 Å². The quantitative estimate of drug-likeness (QED) is 0.262. The highest BCUT2D eigenvalue weighted by Gasteiger charge is 2.12. The number of benzene rings is 3. The number of nitrogens with one attached hydrogen (secondary N) is 1. The van der Waals surface area contributed by atoms with E-state index < -0.39 is 5.91 Å². The molecule has 1 N–H and O–H groups in total. The van der Waals surface area contributed by atoms with Crippen molar-refractivity contribution in [1.82, 2.24) is 0 Å². The van der Waals surface area contributed by atoms with Crippen LogP contribution in [-0.4, -0.2) is 13.0 Å². The van der Waals surface area contributed by atoms with Gasteiger partial charge in [0.15, 0.2) is 11.5 Å². The Bertz CT molecular complexity index is 1100. The fourth-order valence-electron chi connectivity index (χ4n) is 2.70. The van der Waals surface area contributed by atoms with Crippen molar-refractivity contribution in [3.63, 3.8) is 0 Å². The number of carbonyl (C=O) groups is 1. The molecular weight excluding hydrogens is 491 g/mol. The molecule has 0 aliphatic heterocycles. The van der Waals surface area contributed by atoms with Crippen LogP contribution < -0.4 is 14.8 Å². The van der Waals surface area contributed by atoms with Crippen LogP contribution in [0.1, 0.15) is 11.1 Å². The molecule has 0 saturated heterocycles. The van der Waals surface area contributed by atoms with Crippen molar-refractivity contribution >= 4 is 40.3 Å². The van der Waals surface area contributed by atoms with Crippen molar-refractivity contribution in [2.75, 3.05) is 12.4 Å². The van der Waals surface area contributed by atoms with Gasteiger partial charge in [-0.05, 0) is 64.1 Å². The van der Waals surface area contributed by atoms with Crippen LogP contribution >= 0.6 is 22.6 Å². The maximum absolute atomic E-state index is 12.5. The van der Waals surface area contributed by atoms with Crippen LogP contribution in [0, 0.1) is 14.9 Å². The largest absolute Gasteiger partial charge is 0.493 e. The third-order valence-electron chi connectivity index (χ3n) is 4.22. The van der Waals surface area contributed by atoms with Crippen molar-refractivity contribution in [3.05, 3.63) is 93.1 Å². The van der Waals surface area contributed by atoms with Gasteiger partial charge < -0.3 is 14.8 Å². The molecule has 150 valence electrons. The third-order valence-corrected chi connectivity index (χ3v) is 5.16. The number of nitrogens with zero attached hydrogens (tertiary/aromatic N) is 1. The normalized spacial score (nSPS) is 10.8. The zero-order chi connectivity index (χ0) is 21.3. The molecule has 1 amide bonds. The average Bonchev–Trinajstić information content (AvgIpc) is 2.78. The highest BCUT2D eigenvalue weighted by Crippen LogP contribution is 2.30. The molecule has 0 aliphatic carbocycles. The minimum Gasteiger partial charge on any atom is -0.493 e. The molecule has 0 aromatic heterocycles. The molecule has 0 bridgehead atoms. The van der Waals surface area contributed by atoms with Gasteiger partial charge in [0.2, 0.25) is 0 Å². The molecule has 0 spiro atoms. The van der Waals surface area contributed by atoms with E-state index in [1.54, 1.807) is 31.4 Å². The van der Waals surface area contributed by atoms with Crippen LogP contribution in [0.5, 0.6) is 11.5 Å². The second-order valence-electron chi connectivity index (χ2n) is 6.29. The third kappa shape index (κ3) is 5.61. The first kappa shape index (κ1) is 21.4. The van der Waals surface area contributed by atoms with Gasteiger partial charge in [0.25, 0.3) is 5.91 Å². The molecule has 0 fully saturated rings. The lowest BCUT2D eigenvalue weighted by atomic mass is 10.1. The molecule has 0 radical (unpaired) electrons.